The molecule has 1 unspecified atom stereocenters. The molecular weight excluding hydrogens is 793 g/mol. The van der Waals surface area contributed by atoms with Crippen LogP contribution in [0.4, 0.5) is 5.69 Å². The van der Waals surface area contributed by atoms with E-state index in [-0.39, 0.29) is 55.3 Å². The highest BCUT2D eigenvalue weighted by Gasteiger charge is 2.45. The van der Waals surface area contributed by atoms with Crippen molar-refractivity contribution in [3.63, 3.8) is 0 Å². The predicted octanol–water partition coefficient (Wildman–Crippen LogP) is 5.74. The van der Waals surface area contributed by atoms with Crippen molar-refractivity contribution in [2.45, 2.75) is 45.6 Å². The number of aryl methyl sites for hydroxylation is 3. The summed E-state index contributed by atoms with van der Waals surface area (Å²) in [6, 6.07) is 26.9. The summed E-state index contributed by atoms with van der Waals surface area (Å²) in [5.41, 5.74) is 5.70. The number of fused-ring (bicyclic) bond motifs is 3. The van der Waals surface area contributed by atoms with Crippen molar-refractivity contribution in [2.75, 3.05) is 38.2 Å². The first-order chi connectivity index (χ1) is 30.0. The number of ether oxygens (including phenoxy) is 2. The number of aromatic carboxylic acids is 1. The first-order valence-electron chi connectivity index (χ1n) is 20.4. The van der Waals surface area contributed by atoms with Gasteiger partial charge < -0.3 is 25.2 Å². The number of carboxylic acids is 1. The third kappa shape index (κ3) is 8.09. The summed E-state index contributed by atoms with van der Waals surface area (Å²) in [6.45, 7) is 5.17. The number of hydrogen-bond acceptors (Lipinski definition) is 10. The second kappa shape index (κ2) is 17.7. The van der Waals surface area contributed by atoms with E-state index in [1.54, 1.807) is 28.8 Å². The van der Waals surface area contributed by atoms with Gasteiger partial charge in [-0.2, -0.15) is 5.10 Å². The molecule has 1 atom stereocenters. The summed E-state index contributed by atoms with van der Waals surface area (Å²) in [7, 11) is 0. The zero-order valence-corrected chi connectivity index (χ0v) is 34.2. The van der Waals surface area contributed by atoms with E-state index in [1.165, 1.54) is 6.07 Å². The fourth-order valence-electron chi connectivity index (χ4n) is 8.34. The van der Waals surface area contributed by atoms with Gasteiger partial charge in [0.1, 0.15) is 11.8 Å². The van der Waals surface area contributed by atoms with E-state index >= 15 is 0 Å². The summed E-state index contributed by atoms with van der Waals surface area (Å²) in [5.74, 6) is -2.91. The summed E-state index contributed by atoms with van der Waals surface area (Å²) in [5, 5.41) is 25.0. The van der Waals surface area contributed by atoms with Gasteiger partial charge in [0.15, 0.2) is 5.69 Å². The van der Waals surface area contributed by atoms with Crippen LogP contribution in [0.15, 0.2) is 91.0 Å². The number of carbonyl (C=O) groups excluding carboxylic acids is 5. The molecule has 6 aromatic rings. The van der Waals surface area contributed by atoms with Crippen LogP contribution in [-0.2, 0) is 20.7 Å². The first-order valence-corrected chi connectivity index (χ1v) is 20.4. The molecule has 2 aliphatic rings. The van der Waals surface area contributed by atoms with Gasteiger partial charge in [-0.25, -0.2) is 9.31 Å². The van der Waals surface area contributed by atoms with Gasteiger partial charge >= 0.3 is 5.97 Å². The molecule has 4 N–H and O–H groups in total. The van der Waals surface area contributed by atoms with Crippen molar-refractivity contribution >= 4 is 57.5 Å². The van der Waals surface area contributed by atoms with Crippen LogP contribution < -0.4 is 20.7 Å². The highest BCUT2D eigenvalue weighted by Crippen LogP contribution is 2.34. The van der Waals surface area contributed by atoms with Crippen molar-refractivity contribution < 1.29 is 43.3 Å². The topological polar surface area (TPSA) is 198 Å². The minimum atomic E-state index is -1.11. The Kier molecular flexibility index (Phi) is 11.8. The number of anilines is 1. The number of piperidine rings is 1. The molecule has 0 bridgehead atoms. The van der Waals surface area contributed by atoms with Crippen LogP contribution in [0.2, 0.25) is 0 Å². The average molecular weight is 837 g/mol. The number of nitrogens with zero attached hydrogens (tertiary/aromatic N) is 3. The van der Waals surface area contributed by atoms with Gasteiger partial charge in [-0.1, -0.05) is 48.5 Å². The van der Waals surface area contributed by atoms with E-state index < -0.39 is 35.6 Å². The van der Waals surface area contributed by atoms with Crippen molar-refractivity contribution in [1.82, 2.24) is 25.1 Å². The summed E-state index contributed by atoms with van der Waals surface area (Å²) >= 11 is 0. The third-order valence-electron chi connectivity index (χ3n) is 11.2. The van der Waals surface area contributed by atoms with Crippen LogP contribution >= 0.6 is 0 Å². The SMILES string of the molecule is Cc1cc(C(=O)NCCOCCNc2cccc3c2C(=O)N(C2CCC(=O)NC2=O)C3=O)cc(C)c1-c1cccc2c(CCCOc3cccc4ccccc34)c(C(=O)O)nn12. The van der Waals surface area contributed by atoms with E-state index in [9.17, 15) is 33.9 Å². The van der Waals surface area contributed by atoms with Crippen LogP contribution in [0, 0.1) is 13.8 Å². The Hall–Kier alpha value is -7.39. The molecule has 2 aliphatic heterocycles. The molecule has 0 radical (unpaired) electrons. The Morgan fingerprint density at radius 1 is 0.855 bits per heavy atom. The largest absolute Gasteiger partial charge is 0.493 e. The number of hydrogen-bond donors (Lipinski definition) is 4. The summed E-state index contributed by atoms with van der Waals surface area (Å²) < 4.78 is 13.5. The van der Waals surface area contributed by atoms with Crippen LogP contribution in [0.5, 0.6) is 5.75 Å². The number of aromatic nitrogens is 2. The van der Waals surface area contributed by atoms with Crippen LogP contribution in [-0.4, -0.2) is 94.1 Å². The van der Waals surface area contributed by atoms with Crippen LogP contribution in [0.25, 0.3) is 27.5 Å². The molecule has 1 fully saturated rings. The molecule has 62 heavy (non-hydrogen) atoms. The van der Waals surface area contributed by atoms with Crippen molar-refractivity contribution in [3.05, 3.63) is 130 Å². The van der Waals surface area contributed by atoms with Gasteiger partial charge in [0.05, 0.1) is 42.2 Å². The van der Waals surface area contributed by atoms with Crippen molar-refractivity contribution in [1.29, 1.82) is 0 Å². The minimum Gasteiger partial charge on any atom is -0.493 e. The molecular formula is C47H44N6O9. The molecule has 0 spiro atoms. The maximum Gasteiger partial charge on any atom is 0.356 e. The van der Waals surface area contributed by atoms with Crippen molar-refractivity contribution in [2.24, 2.45) is 0 Å². The smallest absolute Gasteiger partial charge is 0.356 e. The number of benzene rings is 4. The molecule has 316 valence electrons. The number of amides is 5. The standard InChI is InChI=1S/C47H44N6O9/c1-27-25-30(43(55)49-21-24-61-23-20-48-34-14-6-12-33-41(34)46(58)52(45(33)57)37-18-19-39(54)50-44(37)56)26-28(2)40(27)36-16-7-15-35-32(42(47(59)60)51-53(35)36)13-8-22-62-38-17-5-10-29-9-3-4-11-31(29)38/h3-7,9-12,14-17,25-26,37,48H,8,13,18-24H2,1-2H3,(H,49,55)(H,59,60)(H,50,54,56). The Morgan fingerprint density at radius 3 is 2.39 bits per heavy atom. The average Bonchev–Trinajstić information content (AvgIpc) is 3.76. The first kappa shape index (κ1) is 41.3. The molecule has 2 aromatic heterocycles. The van der Waals surface area contributed by atoms with Crippen LogP contribution in [0.3, 0.4) is 0 Å². The Bertz CT molecular complexity index is 2770. The van der Waals surface area contributed by atoms with Gasteiger partial charge in [-0.3, -0.25) is 34.2 Å². The minimum absolute atomic E-state index is 0.0135. The Labute approximate surface area is 356 Å². The fraction of sp³-hybridized carbons (Fsp3) is 0.255. The zero-order valence-electron chi connectivity index (χ0n) is 34.2. The van der Waals surface area contributed by atoms with Gasteiger partial charge in [0.25, 0.3) is 17.7 Å². The van der Waals surface area contributed by atoms with E-state index in [0.29, 0.717) is 54.0 Å². The highest BCUT2D eigenvalue weighted by molar-refractivity contribution is 6.25. The molecule has 5 amide bonds. The quantitative estimate of drug-likeness (QED) is 0.0685. The molecule has 0 saturated carbocycles. The van der Waals surface area contributed by atoms with Crippen LogP contribution in [0.1, 0.15) is 77.5 Å². The lowest BCUT2D eigenvalue weighted by Crippen LogP contribution is -2.54. The van der Waals surface area contributed by atoms with Gasteiger partial charge in [0.2, 0.25) is 11.8 Å². The van der Waals surface area contributed by atoms with Gasteiger partial charge in [-0.05, 0) is 92.1 Å². The molecule has 4 aromatic carbocycles. The maximum atomic E-state index is 13.3. The normalized spacial score (nSPS) is 14.9. The Morgan fingerprint density at radius 2 is 1.60 bits per heavy atom. The van der Waals surface area contributed by atoms with E-state index in [1.807, 2.05) is 74.5 Å². The number of imide groups is 2. The summed E-state index contributed by atoms with van der Waals surface area (Å²) in [4.78, 5) is 77.1. The number of pyridine rings is 1. The zero-order chi connectivity index (χ0) is 43.5. The lowest BCUT2D eigenvalue weighted by atomic mass is 9.96. The number of carbonyl (C=O) groups is 6. The lowest BCUT2D eigenvalue weighted by molar-refractivity contribution is -0.136. The molecule has 15 nitrogen and oxygen atoms in total. The molecule has 8 rings (SSSR count). The molecule has 0 aliphatic carbocycles. The number of nitrogens with one attached hydrogen (secondary N) is 3. The lowest BCUT2D eigenvalue weighted by Gasteiger charge is -2.27. The van der Waals surface area contributed by atoms with Gasteiger partial charge in [0, 0.05) is 47.3 Å². The molecule has 4 heterocycles. The summed E-state index contributed by atoms with van der Waals surface area (Å²) in [6.07, 6.45) is 1.13. The van der Waals surface area contributed by atoms with Gasteiger partial charge in [-0.15, -0.1) is 0 Å². The van der Waals surface area contributed by atoms with E-state index in [2.05, 4.69) is 21.0 Å². The monoisotopic (exact) mass is 836 g/mol. The molecule has 1 saturated heterocycles. The molecule has 15 heteroatoms. The number of rotatable bonds is 16. The van der Waals surface area contributed by atoms with Crippen molar-refractivity contribution in [3.8, 4) is 17.0 Å². The highest BCUT2D eigenvalue weighted by atomic mass is 16.5. The maximum absolute atomic E-state index is 13.3. The Balaban J connectivity index is 0.853. The fourth-order valence-corrected chi connectivity index (χ4v) is 8.34. The second-order valence-electron chi connectivity index (χ2n) is 15.2. The number of carboxylic acid groups (broad SMARTS) is 1. The predicted molar refractivity (Wildman–Crippen MR) is 230 cm³/mol. The third-order valence-corrected chi connectivity index (χ3v) is 11.2. The van der Waals surface area contributed by atoms with E-state index in [0.717, 1.165) is 38.1 Å². The van der Waals surface area contributed by atoms with E-state index in [4.69, 9.17) is 9.47 Å². The second-order valence-corrected chi connectivity index (χ2v) is 15.2.